The van der Waals surface area contributed by atoms with E-state index in [1.165, 1.54) is 75.8 Å². The van der Waals surface area contributed by atoms with Gasteiger partial charge in [-0.05, 0) is 93.0 Å². The molecule has 1 aromatic heterocycles. The van der Waals surface area contributed by atoms with Crippen LogP contribution in [0.5, 0.6) is 0 Å². The summed E-state index contributed by atoms with van der Waals surface area (Å²) < 4.78 is 2.62. The maximum Gasteiger partial charge on any atom is 0.0540 e. The zero-order chi connectivity index (χ0) is 37.3. The van der Waals surface area contributed by atoms with E-state index in [-0.39, 0.29) is 0 Å². The van der Waals surface area contributed by atoms with Gasteiger partial charge in [-0.3, -0.25) is 0 Å². The molecule has 0 aliphatic heterocycles. The van der Waals surface area contributed by atoms with E-state index in [0.717, 1.165) is 17.1 Å². The lowest BCUT2D eigenvalue weighted by atomic mass is 9.94. The third-order valence-electron chi connectivity index (χ3n) is 10.7. The average molecular weight is 732 g/mol. The molecule has 0 aliphatic rings. The van der Waals surface area contributed by atoms with E-state index in [4.69, 9.17) is 0 Å². The standard InChI is InChI=1S/C54H37NS/c1-4-14-38(15-5-1)40-24-26-42(27-25-40)45-36-50(54-51(37-45)49-21-11-13-23-53(49)56-54)44-30-34-47(35-31-44)55(46-32-28-41(29-33-46)39-16-6-2-7-17-39)52-22-12-10-20-48(52)43-18-8-3-9-19-43/h1-37H. The number of benzene rings is 9. The fraction of sp³-hybridized carbons (Fsp3) is 0. The average Bonchev–Trinajstić information content (AvgIpc) is 3.67. The third-order valence-corrected chi connectivity index (χ3v) is 11.9. The first-order valence-electron chi connectivity index (χ1n) is 19.1. The second-order valence-corrected chi connectivity index (χ2v) is 15.2. The van der Waals surface area contributed by atoms with E-state index < -0.39 is 0 Å². The number of nitrogens with zero attached hydrogens (tertiary/aromatic N) is 1. The largest absolute Gasteiger partial charge is 0.310 e. The van der Waals surface area contributed by atoms with Gasteiger partial charge in [-0.15, -0.1) is 11.3 Å². The molecule has 10 rings (SSSR count). The SMILES string of the molecule is c1ccc(-c2ccc(-c3cc(-c4ccc(N(c5ccc(-c6ccccc6)cc5)c5ccccc5-c5ccccc5)cc4)c4sc5ccccc5c4c3)cc2)cc1. The molecule has 0 saturated carbocycles. The zero-order valence-corrected chi connectivity index (χ0v) is 31.5. The number of fused-ring (bicyclic) bond motifs is 3. The number of hydrogen-bond acceptors (Lipinski definition) is 2. The molecule has 0 N–H and O–H groups in total. The van der Waals surface area contributed by atoms with Crippen LogP contribution >= 0.6 is 11.3 Å². The predicted octanol–water partition coefficient (Wildman–Crippen LogP) is 15.9. The van der Waals surface area contributed by atoms with Gasteiger partial charge >= 0.3 is 0 Å². The third kappa shape index (κ3) is 6.36. The van der Waals surface area contributed by atoms with Gasteiger partial charge in [0.15, 0.2) is 0 Å². The Bertz CT molecular complexity index is 2910. The molecule has 0 spiro atoms. The maximum atomic E-state index is 2.39. The Balaban J connectivity index is 1.09. The van der Waals surface area contributed by atoms with E-state index in [1.54, 1.807) is 0 Å². The van der Waals surface area contributed by atoms with Gasteiger partial charge in [-0.25, -0.2) is 0 Å². The fourth-order valence-electron chi connectivity index (χ4n) is 7.88. The van der Waals surface area contributed by atoms with E-state index in [1.807, 2.05) is 11.3 Å². The minimum Gasteiger partial charge on any atom is -0.310 e. The smallest absolute Gasteiger partial charge is 0.0540 e. The quantitative estimate of drug-likeness (QED) is 0.150. The van der Waals surface area contributed by atoms with Crippen molar-refractivity contribution in [1.82, 2.24) is 0 Å². The Kier molecular flexibility index (Phi) is 8.79. The molecular formula is C54H37NS. The minimum absolute atomic E-state index is 1.10. The molecule has 0 amide bonds. The first-order valence-corrected chi connectivity index (χ1v) is 19.9. The predicted molar refractivity (Wildman–Crippen MR) is 241 cm³/mol. The van der Waals surface area contributed by atoms with Gasteiger partial charge in [0.05, 0.1) is 5.69 Å². The summed E-state index contributed by atoms with van der Waals surface area (Å²) in [7, 11) is 0. The Morgan fingerprint density at radius 3 is 1.32 bits per heavy atom. The number of hydrogen-bond donors (Lipinski definition) is 0. The van der Waals surface area contributed by atoms with Crippen LogP contribution in [0.4, 0.5) is 17.1 Å². The Labute approximate surface area is 332 Å². The second-order valence-electron chi connectivity index (χ2n) is 14.1. The maximum absolute atomic E-state index is 2.39. The summed E-state index contributed by atoms with van der Waals surface area (Å²) in [6, 6.07) is 81.2. The van der Waals surface area contributed by atoms with Crippen LogP contribution in [0.2, 0.25) is 0 Å². The Hall–Kier alpha value is -7.00. The van der Waals surface area contributed by atoms with Crippen molar-refractivity contribution in [1.29, 1.82) is 0 Å². The molecule has 0 atom stereocenters. The molecule has 2 heteroatoms. The summed E-state index contributed by atoms with van der Waals surface area (Å²) in [5.41, 5.74) is 15.4. The second kappa shape index (κ2) is 14.7. The van der Waals surface area contributed by atoms with Crippen LogP contribution in [0, 0.1) is 0 Å². The molecule has 56 heavy (non-hydrogen) atoms. The van der Waals surface area contributed by atoms with Crippen LogP contribution in [0.3, 0.4) is 0 Å². The van der Waals surface area contributed by atoms with Crippen LogP contribution in [0.15, 0.2) is 224 Å². The molecule has 0 radical (unpaired) electrons. The van der Waals surface area contributed by atoms with Crippen LogP contribution in [0.1, 0.15) is 0 Å². The lowest BCUT2D eigenvalue weighted by Crippen LogP contribution is -2.11. The summed E-state index contributed by atoms with van der Waals surface area (Å²) in [4.78, 5) is 2.39. The van der Waals surface area contributed by atoms with Gasteiger partial charge in [0, 0.05) is 42.7 Å². The summed E-state index contributed by atoms with van der Waals surface area (Å²) in [5, 5.41) is 2.60. The molecular weight excluding hydrogens is 695 g/mol. The molecule has 0 fully saturated rings. The number of anilines is 3. The Morgan fingerprint density at radius 2 is 0.714 bits per heavy atom. The highest BCUT2D eigenvalue weighted by Crippen LogP contribution is 2.45. The van der Waals surface area contributed by atoms with Gasteiger partial charge in [-0.2, -0.15) is 0 Å². The molecule has 0 aliphatic carbocycles. The van der Waals surface area contributed by atoms with Crippen molar-refractivity contribution in [3.63, 3.8) is 0 Å². The van der Waals surface area contributed by atoms with Gasteiger partial charge in [0.2, 0.25) is 0 Å². The first-order chi connectivity index (χ1) is 27.8. The summed E-state index contributed by atoms with van der Waals surface area (Å²) >= 11 is 1.88. The molecule has 1 nitrogen and oxygen atoms in total. The molecule has 9 aromatic carbocycles. The van der Waals surface area contributed by atoms with Crippen LogP contribution in [-0.2, 0) is 0 Å². The molecule has 0 bridgehead atoms. The molecule has 1 heterocycles. The van der Waals surface area contributed by atoms with Crippen molar-refractivity contribution in [3.8, 4) is 55.6 Å². The van der Waals surface area contributed by atoms with Gasteiger partial charge in [0.1, 0.15) is 0 Å². The summed E-state index contributed by atoms with van der Waals surface area (Å²) in [6.45, 7) is 0. The molecule has 10 aromatic rings. The highest BCUT2D eigenvalue weighted by atomic mass is 32.1. The van der Waals surface area contributed by atoms with Gasteiger partial charge in [-0.1, -0.05) is 176 Å². The summed E-state index contributed by atoms with van der Waals surface area (Å²) in [5.74, 6) is 0. The van der Waals surface area contributed by atoms with Crippen molar-refractivity contribution in [2.45, 2.75) is 0 Å². The van der Waals surface area contributed by atoms with Gasteiger partial charge < -0.3 is 4.90 Å². The highest BCUT2D eigenvalue weighted by molar-refractivity contribution is 7.26. The van der Waals surface area contributed by atoms with E-state index in [2.05, 4.69) is 229 Å². The lowest BCUT2D eigenvalue weighted by Gasteiger charge is -2.28. The molecule has 0 unspecified atom stereocenters. The number of rotatable bonds is 8. The van der Waals surface area contributed by atoms with Gasteiger partial charge in [0.25, 0.3) is 0 Å². The molecule has 264 valence electrons. The van der Waals surface area contributed by atoms with Crippen molar-refractivity contribution in [3.05, 3.63) is 224 Å². The van der Waals surface area contributed by atoms with E-state index in [9.17, 15) is 0 Å². The lowest BCUT2D eigenvalue weighted by molar-refractivity contribution is 1.28. The first kappa shape index (κ1) is 33.6. The fourth-order valence-corrected chi connectivity index (χ4v) is 9.10. The van der Waals surface area contributed by atoms with Crippen LogP contribution in [-0.4, -0.2) is 0 Å². The highest BCUT2D eigenvalue weighted by Gasteiger charge is 2.19. The van der Waals surface area contributed by atoms with E-state index >= 15 is 0 Å². The van der Waals surface area contributed by atoms with E-state index in [0.29, 0.717) is 0 Å². The summed E-state index contributed by atoms with van der Waals surface area (Å²) in [6.07, 6.45) is 0. The van der Waals surface area contributed by atoms with Crippen molar-refractivity contribution in [2.75, 3.05) is 4.90 Å². The van der Waals surface area contributed by atoms with Crippen LogP contribution < -0.4 is 4.90 Å². The zero-order valence-electron chi connectivity index (χ0n) is 30.7. The normalized spacial score (nSPS) is 11.2. The molecule has 0 saturated heterocycles. The number of para-hydroxylation sites is 1. The monoisotopic (exact) mass is 731 g/mol. The topological polar surface area (TPSA) is 3.24 Å². The van der Waals surface area contributed by atoms with Crippen molar-refractivity contribution < 1.29 is 0 Å². The Morgan fingerprint density at radius 1 is 0.286 bits per heavy atom. The van der Waals surface area contributed by atoms with Crippen LogP contribution in [0.25, 0.3) is 75.8 Å². The van der Waals surface area contributed by atoms with Crippen molar-refractivity contribution >= 4 is 48.6 Å². The number of thiophene rings is 1. The minimum atomic E-state index is 1.10. The van der Waals surface area contributed by atoms with Crippen molar-refractivity contribution in [2.24, 2.45) is 0 Å².